The summed E-state index contributed by atoms with van der Waals surface area (Å²) < 4.78 is 0. The average molecular weight is 300 g/mol. The highest BCUT2D eigenvalue weighted by molar-refractivity contribution is 5.87. The molecule has 3 fully saturated rings. The van der Waals surface area contributed by atoms with E-state index in [0.717, 1.165) is 44.4 Å². The van der Waals surface area contributed by atoms with Gasteiger partial charge in [0.15, 0.2) is 0 Å². The maximum Gasteiger partial charge on any atom is 0.139 e. The molecule has 2 heteroatoms. The lowest BCUT2D eigenvalue weighted by molar-refractivity contribution is -0.134. The first-order valence-corrected chi connectivity index (χ1v) is 9.28. The van der Waals surface area contributed by atoms with E-state index in [1.54, 1.807) is 0 Å². The van der Waals surface area contributed by atoms with Gasteiger partial charge in [-0.05, 0) is 55.3 Å². The van der Waals surface area contributed by atoms with E-state index >= 15 is 0 Å². The summed E-state index contributed by atoms with van der Waals surface area (Å²) in [5, 5.41) is 0. The predicted octanol–water partition coefficient (Wildman–Crippen LogP) is 4.33. The predicted molar refractivity (Wildman–Crippen MR) is 86.3 cm³/mol. The van der Waals surface area contributed by atoms with Gasteiger partial charge in [-0.2, -0.15) is 0 Å². The first-order chi connectivity index (χ1) is 10.5. The van der Waals surface area contributed by atoms with Crippen LogP contribution in [0.3, 0.4) is 0 Å². The van der Waals surface area contributed by atoms with E-state index in [1.165, 1.54) is 12.0 Å². The highest BCUT2D eigenvalue weighted by Crippen LogP contribution is 2.62. The fourth-order valence-corrected chi connectivity index (χ4v) is 6.61. The molecule has 22 heavy (non-hydrogen) atoms. The standard InChI is InChI=1S/C20H28O2/c1-3-12-11-20(2)17(8-9-18(20)22)16-6-4-13-10-14(21)5-7-15(13)19(12)16/h4,12,15-17,19H,3,5-11H2,1-2H3/t12-,15-,16-,17-,19+,20-/m0/s1. The van der Waals surface area contributed by atoms with Crippen molar-refractivity contribution < 1.29 is 9.59 Å². The molecule has 0 aliphatic heterocycles. The number of fused-ring (bicyclic) bond motifs is 5. The minimum atomic E-state index is -0.0440. The number of carbonyl (C=O) groups is 2. The molecule has 120 valence electrons. The Morgan fingerprint density at radius 3 is 2.82 bits per heavy atom. The highest BCUT2D eigenvalue weighted by atomic mass is 16.1. The molecule has 0 bridgehead atoms. The van der Waals surface area contributed by atoms with Crippen LogP contribution in [0.5, 0.6) is 0 Å². The maximum absolute atomic E-state index is 12.5. The molecule has 0 radical (unpaired) electrons. The number of allylic oxidation sites excluding steroid dienone is 2. The summed E-state index contributed by atoms with van der Waals surface area (Å²) in [6.07, 6.45) is 10.3. The van der Waals surface area contributed by atoms with Gasteiger partial charge in [-0.15, -0.1) is 0 Å². The van der Waals surface area contributed by atoms with Crippen LogP contribution in [0.4, 0.5) is 0 Å². The van der Waals surface area contributed by atoms with Crippen molar-refractivity contribution in [2.75, 3.05) is 0 Å². The van der Waals surface area contributed by atoms with Crippen LogP contribution < -0.4 is 0 Å². The molecule has 0 saturated heterocycles. The molecule has 0 aromatic heterocycles. The summed E-state index contributed by atoms with van der Waals surface area (Å²) in [6.45, 7) is 4.56. The van der Waals surface area contributed by atoms with Crippen LogP contribution in [0.2, 0.25) is 0 Å². The zero-order valence-electron chi connectivity index (χ0n) is 13.9. The third kappa shape index (κ3) is 1.91. The molecule has 6 atom stereocenters. The third-order valence-electron chi connectivity index (χ3n) is 7.63. The van der Waals surface area contributed by atoms with Crippen LogP contribution in [0.25, 0.3) is 0 Å². The molecule has 0 heterocycles. The highest BCUT2D eigenvalue weighted by Gasteiger charge is 2.58. The van der Waals surface area contributed by atoms with Gasteiger partial charge in [0.2, 0.25) is 0 Å². The maximum atomic E-state index is 12.5. The lowest BCUT2D eigenvalue weighted by Crippen LogP contribution is -2.50. The zero-order chi connectivity index (χ0) is 15.5. The molecule has 0 spiro atoms. The van der Waals surface area contributed by atoms with E-state index in [0.29, 0.717) is 41.7 Å². The van der Waals surface area contributed by atoms with Gasteiger partial charge >= 0.3 is 0 Å². The van der Waals surface area contributed by atoms with Crippen LogP contribution in [-0.2, 0) is 9.59 Å². The molecular formula is C20H28O2. The minimum absolute atomic E-state index is 0.0440. The Morgan fingerprint density at radius 2 is 2.05 bits per heavy atom. The molecule has 0 aromatic carbocycles. The Morgan fingerprint density at radius 1 is 1.23 bits per heavy atom. The average Bonchev–Trinajstić information content (AvgIpc) is 2.81. The molecule has 0 N–H and O–H groups in total. The number of carbonyl (C=O) groups excluding carboxylic acids is 2. The fourth-order valence-electron chi connectivity index (χ4n) is 6.61. The fraction of sp³-hybridized carbons (Fsp3) is 0.800. The number of rotatable bonds is 1. The van der Waals surface area contributed by atoms with E-state index in [4.69, 9.17) is 0 Å². The van der Waals surface area contributed by atoms with E-state index in [2.05, 4.69) is 19.9 Å². The second-order valence-electron chi connectivity index (χ2n) is 8.47. The van der Waals surface area contributed by atoms with Crippen molar-refractivity contribution in [3.63, 3.8) is 0 Å². The first-order valence-electron chi connectivity index (χ1n) is 9.28. The second kappa shape index (κ2) is 5.04. The summed E-state index contributed by atoms with van der Waals surface area (Å²) in [7, 11) is 0. The Labute approximate surface area is 133 Å². The van der Waals surface area contributed by atoms with Crippen molar-refractivity contribution in [2.24, 2.45) is 35.0 Å². The van der Waals surface area contributed by atoms with E-state index in [-0.39, 0.29) is 5.41 Å². The molecule has 0 amide bonds. The largest absolute Gasteiger partial charge is 0.299 e. The normalized spacial score (nSPS) is 47.5. The minimum Gasteiger partial charge on any atom is -0.299 e. The smallest absolute Gasteiger partial charge is 0.139 e. The lowest BCUT2D eigenvalue weighted by atomic mass is 9.49. The van der Waals surface area contributed by atoms with Gasteiger partial charge in [0.1, 0.15) is 11.6 Å². The van der Waals surface area contributed by atoms with Gasteiger partial charge in [0.05, 0.1) is 0 Å². The summed E-state index contributed by atoms with van der Waals surface area (Å²) in [4.78, 5) is 24.4. The summed E-state index contributed by atoms with van der Waals surface area (Å²) >= 11 is 0. The molecular weight excluding hydrogens is 272 g/mol. The summed E-state index contributed by atoms with van der Waals surface area (Å²) in [5.41, 5.74) is 1.40. The molecule has 4 rings (SSSR count). The molecule has 4 aliphatic rings. The van der Waals surface area contributed by atoms with Crippen molar-refractivity contribution in [3.8, 4) is 0 Å². The van der Waals surface area contributed by atoms with Crippen molar-refractivity contribution in [3.05, 3.63) is 11.6 Å². The molecule has 3 saturated carbocycles. The number of hydrogen-bond acceptors (Lipinski definition) is 2. The SMILES string of the molecule is CC[C@H]1C[C@]2(C)C(=O)CC[C@H]2[C@@H]2CC=C3CC(=O)CC[C@@H]3[C@@H]12. The number of Topliss-reactive ketones (excluding diaryl/α,β-unsaturated/α-hetero) is 2. The first kappa shape index (κ1) is 14.7. The van der Waals surface area contributed by atoms with Gasteiger partial charge in [0, 0.05) is 24.7 Å². The van der Waals surface area contributed by atoms with E-state index in [1.807, 2.05) is 0 Å². The number of hydrogen-bond donors (Lipinski definition) is 0. The van der Waals surface area contributed by atoms with Gasteiger partial charge in [-0.1, -0.05) is 31.9 Å². The van der Waals surface area contributed by atoms with Crippen LogP contribution in [-0.4, -0.2) is 11.6 Å². The topological polar surface area (TPSA) is 34.1 Å². The van der Waals surface area contributed by atoms with Crippen LogP contribution in [0.1, 0.15) is 65.2 Å². The quantitative estimate of drug-likeness (QED) is 0.675. The Hall–Kier alpha value is -0.920. The van der Waals surface area contributed by atoms with Crippen LogP contribution >= 0.6 is 0 Å². The monoisotopic (exact) mass is 300 g/mol. The van der Waals surface area contributed by atoms with Gasteiger partial charge in [-0.3, -0.25) is 9.59 Å². The number of ketones is 2. The Kier molecular flexibility index (Phi) is 3.36. The second-order valence-corrected chi connectivity index (χ2v) is 8.47. The van der Waals surface area contributed by atoms with Gasteiger partial charge in [0.25, 0.3) is 0 Å². The van der Waals surface area contributed by atoms with Crippen LogP contribution in [0, 0.1) is 35.0 Å². The Balaban J connectivity index is 1.71. The Bertz CT molecular complexity index is 546. The van der Waals surface area contributed by atoms with Crippen molar-refractivity contribution in [1.82, 2.24) is 0 Å². The molecule has 0 aromatic rings. The molecule has 0 unspecified atom stereocenters. The molecule has 2 nitrogen and oxygen atoms in total. The van der Waals surface area contributed by atoms with Crippen LogP contribution in [0.15, 0.2) is 11.6 Å². The van der Waals surface area contributed by atoms with E-state index < -0.39 is 0 Å². The van der Waals surface area contributed by atoms with Crippen molar-refractivity contribution in [2.45, 2.75) is 65.2 Å². The van der Waals surface area contributed by atoms with Gasteiger partial charge < -0.3 is 0 Å². The summed E-state index contributed by atoms with van der Waals surface area (Å²) in [5.74, 6) is 4.31. The van der Waals surface area contributed by atoms with E-state index in [9.17, 15) is 9.59 Å². The zero-order valence-corrected chi connectivity index (χ0v) is 13.9. The summed E-state index contributed by atoms with van der Waals surface area (Å²) in [6, 6.07) is 0. The van der Waals surface area contributed by atoms with Gasteiger partial charge in [-0.25, -0.2) is 0 Å². The third-order valence-corrected chi connectivity index (χ3v) is 7.63. The van der Waals surface area contributed by atoms with Crippen molar-refractivity contribution >= 4 is 11.6 Å². The lowest BCUT2D eigenvalue weighted by Gasteiger charge is -2.55. The molecule has 4 aliphatic carbocycles. The van der Waals surface area contributed by atoms with Crippen molar-refractivity contribution in [1.29, 1.82) is 0 Å².